The predicted molar refractivity (Wildman–Crippen MR) is 143 cm³/mol. The highest BCUT2D eigenvalue weighted by atomic mass is 16.2. The number of piperidine rings is 1. The number of hydrogen-bond acceptors (Lipinski definition) is 1. The number of allylic oxidation sites excluding steroid dienone is 2. The van der Waals surface area contributed by atoms with Gasteiger partial charge in [0.15, 0.2) is 0 Å². The van der Waals surface area contributed by atoms with Crippen molar-refractivity contribution in [2.75, 3.05) is 34.2 Å². The fourth-order valence-corrected chi connectivity index (χ4v) is 9.12. The van der Waals surface area contributed by atoms with Crippen molar-refractivity contribution in [2.45, 2.75) is 98.8 Å². The van der Waals surface area contributed by atoms with E-state index in [0.29, 0.717) is 11.3 Å². The quantitative estimate of drug-likeness (QED) is 0.345. The molecule has 0 N–H and O–H groups in total. The maximum absolute atomic E-state index is 13.0. The Labute approximate surface area is 211 Å². The van der Waals surface area contributed by atoms with E-state index in [1.54, 1.807) is 0 Å². The Morgan fingerprint density at radius 2 is 1.76 bits per heavy atom. The minimum Gasteiger partial charge on any atom is -0.329 e. The highest BCUT2D eigenvalue weighted by molar-refractivity contribution is 5.80. The van der Waals surface area contributed by atoms with Crippen molar-refractivity contribution in [3.05, 3.63) is 11.8 Å². The largest absolute Gasteiger partial charge is 0.329 e. The van der Waals surface area contributed by atoms with E-state index in [-0.39, 0.29) is 5.41 Å². The normalized spacial score (nSPS) is 38.9. The van der Waals surface area contributed by atoms with Crippen LogP contribution in [0.15, 0.2) is 11.8 Å². The molecule has 0 aromatic rings. The second-order valence-corrected chi connectivity index (χ2v) is 14.7. The van der Waals surface area contributed by atoms with E-state index in [0.717, 1.165) is 65.9 Å². The van der Waals surface area contributed by atoms with Crippen molar-refractivity contribution in [2.24, 2.45) is 46.3 Å². The molecular weight excluding hydrogens is 416 g/mol. The number of amides is 1. The van der Waals surface area contributed by atoms with Gasteiger partial charge in [0.05, 0.1) is 34.2 Å². The van der Waals surface area contributed by atoms with Gasteiger partial charge in [-0.2, -0.15) is 0 Å². The number of nitrogens with zero attached hydrogens (tertiary/aromatic N) is 2. The van der Waals surface area contributed by atoms with E-state index in [1.807, 2.05) is 0 Å². The summed E-state index contributed by atoms with van der Waals surface area (Å²) >= 11 is 0. The summed E-state index contributed by atoms with van der Waals surface area (Å²) in [6.07, 6.45) is 15.5. The van der Waals surface area contributed by atoms with E-state index < -0.39 is 0 Å². The molecule has 3 aliphatic carbocycles. The molecule has 0 aromatic carbocycles. The van der Waals surface area contributed by atoms with Crippen LogP contribution in [0.3, 0.4) is 0 Å². The van der Waals surface area contributed by atoms with Crippen molar-refractivity contribution in [3.63, 3.8) is 0 Å². The Morgan fingerprint density at radius 1 is 1.03 bits per heavy atom. The van der Waals surface area contributed by atoms with Crippen LogP contribution >= 0.6 is 0 Å². The summed E-state index contributed by atoms with van der Waals surface area (Å²) in [5, 5.41) is 0. The summed E-state index contributed by atoms with van der Waals surface area (Å²) in [5.41, 5.74) is 2.14. The zero-order valence-electron chi connectivity index (χ0n) is 23.8. The maximum Gasteiger partial charge on any atom is 0.226 e. The molecule has 1 heterocycles. The maximum atomic E-state index is 13.0. The van der Waals surface area contributed by atoms with Gasteiger partial charge in [-0.3, -0.25) is 4.79 Å². The van der Waals surface area contributed by atoms with Gasteiger partial charge in [0, 0.05) is 17.5 Å². The number of hydrogen-bond donors (Lipinski definition) is 0. The van der Waals surface area contributed by atoms with Crippen molar-refractivity contribution < 1.29 is 9.28 Å². The monoisotopic (exact) mass is 471 g/mol. The third kappa shape index (κ3) is 4.76. The van der Waals surface area contributed by atoms with Crippen molar-refractivity contribution in [1.29, 1.82) is 0 Å². The molecule has 0 spiro atoms. The highest BCUT2D eigenvalue weighted by Gasteiger charge is 2.60. The molecule has 4 rings (SSSR count). The second kappa shape index (κ2) is 9.56. The van der Waals surface area contributed by atoms with Crippen molar-refractivity contribution in [3.8, 4) is 0 Å². The smallest absolute Gasteiger partial charge is 0.226 e. The molecular formula is C31H55N2O+. The van der Waals surface area contributed by atoms with Crippen molar-refractivity contribution in [1.82, 2.24) is 4.90 Å². The van der Waals surface area contributed by atoms with E-state index in [1.165, 1.54) is 57.1 Å². The molecule has 34 heavy (non-hydrogen) atoms. The van der Waals surface area contributed by atoms with Gasteiger partial charge in [-0.05, 0) is 79.4 Å². The van der Waals surface area contributed by atoms with Gasteiger partial charge in [-0.1, -0.05) is 60.0 Å². The number of quaternary nitrogens is 1. The zero-order chi connectivity index (χ0) is 24.9. The van der Waals surface area contributed by atoms with Gasteiger partial charge in [0.2, 0.25) is 5.91 Å². The average Bonchev–Trinajstić information content (AvgIpc) is 3.09. The lowest BCUT2D eigenvalue weighted by atomic mass is 9.48. The Bertz CT molecular complexity index is 779. The lowest BCUT2D eigenvalue weighted by Gasteiger charge is -2.59. The Balaban J connectivity index is 1.52. The fourth-order valence-electron chi connectivity index (χ4n) is 9.12. The third-order valence-corrected chi connectivity index (χ3v) is 11.1. The number of likely N-dealkylation sites (tertiary alicyclic amines) is 1. The van der Waals surface area contributed by atoms with Crippen LogP contribution in [-0.4, -0.2) is 49.5 Å². The number of carbonyl (C=O) groups excluding carboxylic acids is 1. The summed E-state index contributed by atoms with van der Waals surface area (Å²) in [6, 6.07) is 0. The van der Waals surface area contributed by atoms with Gasteiger partial charge in [0.25, 0.3) is 0 Å². The molecule has 0 bridgehead atoms. The standard InChI is InChI=1S/C31H55N2O/c1-22(2)10-9-11-23(3)25-13-14-26-24-12-15-28-31(5,27(24)16-18-30(25,26)4)19-17-29(34)32(28)20-21-33(6,7)8/h15,22-27H,9-14,16-21H2,1-8H3/q+1/t23-,24+,25-,26-,27+,30+,31+/m0/s1. The minimum atomic E-state index is 0.198. The highest BCUT2D eigenvalue weighted by Crippen LogP contribution is 2.67. The van der Waals surface area contributed by atoms with Crippen LogP contribution in [0.25, 0.3) is 0 Å². The lowest BCUT2D eigenvalue weighted by molar-refractivity contribution is -0.869. The Kier molecular flexibility index (Phi) is 7.38. The molecule has 0 unspecified atom stereocenters. The second-order valence-electron chi connectivity index (χ2n) is 14.7. The summed E-state index contributed by atoms with van der Waals surface area (Å²) in [6.45, 7) is 14.4. The van der Waals surface area contributed by atoms with Gasteiger partial charge < -0.3 is 9.38 Å². The van der Waals surface area contributed by atoms with Crippen LogP contribution in [0.5, 0.6) is 0 Å². The molecule has 2 saturated carbocycles. The average molecular weight is 472 g/mol. The lowest BCUT2D eigenvalue weighted by Crippen LogP contribution is -2.55. The summed E-state index contributed by atoms with van der Waals surface area (Å²) in [7, 11) is 6.71. The van der Waals surface area contributed by atoms with Gasteiger partial charge in [0.1, 0.15) is 0 Å². The Hall–Kier alpha value is -0.830. The number of carbonyl (C=O) groups is 1. The number of rotatable bonds is 8. The Morgan fingerprint density at radius 3 is 2.44 bits per heavy atom. The first kappa shape index (κ1) is 26.2. The topological polar surface area (TPSA) is 20.3 Å². The molecule has 0 aromatic heterocycles. The van der Waals surface area contributed by atoms with Crippen LogP contribution in [0.1, 0.15) is 98.8 Å². The van der Waals surface area contributed by atoms with E-state index in [9.17, 15) is 4.79 Å². The molecule has 0 radical (unpaired) electrons. The third-order valence-electron chi connectivity index (χ3n) is 11.1. The summed E-state index contributed by atoms with van der Waals surface area (Å²) in [4.78, 5) is 15.2. The van der Waals surface area contributed by atoms with Crippen LogP contribution in [-0.2, 0) is 4.79 Å². The van der Waals surface area contributed by atoms with E-state index in [2.05, 4.69) is 66.7 Å². The fraction of sp³-hybridized carbons (Fsp3) is 0.903. The molecule has 3 nitrogen and oxygen atoms in total. The van der Waals surface area contributed by atoms with Gasteiger partial charge >= 0.3 is 0 Å². The van der Waals surface area contributed by atoms with Crippen LogP contribution in [0.4, 0.5) is 0 Å². The zero-order valence-corrected chi connectivity index (χ0v) is 23.8. The van der Waals surface area contributed by atoms with Gasteiger partial charge in [-0.15, -0.1) is 0 Å². The summed E-state index contributed by atoms with van der Waals surface area (Å²) in [5.74, 6) is 5.46. The molecule has 3 heteroatoms. The van der Waals surface area contributed by atoms with Crippen LogP contribution in [0, 0.1) is 46.3 Å². The number of likely N-dealkylation sites (N-methyl/N-ethyl adjacent to an activating group) is 1. The van der Waals surface area contributed by atoms with E-state index >= 15 is 0 Å². The first-order valence-corrected chi connectivity index (χ1v) is 14.7. The molecule has 4 aliphatic rings. The van der Waals surface area contributed by atoms with Crippen LogP contribution < -0.4 is 0 Å². The predicted octanol–water partition coefficient (Wildman–Crippen LogP) is 7.13. The molecule has 1 saturated heterocycles. The number of fused-ring (bicyclic) bond motifs is 5. The molecule has 7 atom stereocenters. The minimum absolute atomic E-state index is 0.198. The first-order chi connectivity index (χ1) is 15.9. The molecule has 1 amide bonds. The SMILES string of the molecule is CC(C)CCC[C@H](C)[C@@H]1CC[C@H]2[C@H]3CC=C4N(CC[N+](C)(C)C)C(=O)CC[C@]4(C)[C@@H]3CC[C@@]21C. The van der Waals surface area contributed by atoms with Gasteiger partial charge in [-0.25, -0.2) is 0 Å². The molecule has 194 valence electrons. The molecule has 1 aliphatic heterocycles. The van der Waals surface area contributed by atoms with E-state index in [4.69, 9.17) is 0 Å². The summed E-state index contributed by atoms with van der Waals surface area (Å²) < 4.78 is 0.914. The van der Waals surface area contributed by atoms with Crippen molar-refractivity contribution >= 4 is 5.91 Å². The molecule has 3 fully saturated rings. The first-order valence-electron chi connectivity index (χ1n) is 14.7. The van der Waals surface area contributed by atoms with Crippen LogP contribution in [0.2, 0.25) is 0 Å².